The fourth-order valence-corrected chi connectivity index (χ4v) is 7.80. The van der Waals surface area contributed by atoms with Crippen LogP contribution in [0.2, 0.25) is 15.1 Å². The van der Waals surface area contributed by atoms with Gasteiger partial charge < -0.3 is 19.6 Å². The number of anilines is 2. The summed E-state index contributed by atoms with van der Waals surface area (Å²) >= 11 is 21.9. The average molecular weight is 656 g/mol. The van der Waals surface area contributed by atoms with Gasteiger partial charge in [0.1, 0.15) is 10.7 Å². The highest BCUT2D eigenvalue weighted by Crippen LogP contribution is 2.45. The first-order valence-corrected chi connectivity index (χ1v) is 15.5. The zero-order valence-electron chi connectivity index (χ0n) is 21.9. The molecular formula is C27H25Cl3N4O5S2. The fraction of sp³-hybridized carbons (Fsp3) is 0.333. The summed E-state index contributed by atoms with van der Waals surface area (Å²) in [5.41, 5.74) is 1.62. The summed E-state index contributed by atoms with van der Waals surface area (Å²) in [5.74, 6) is -0.714. The van der Waals surface area contributed by atoms with Crippen molar-refractivity contribution < 1.29 is 24.2 Å². The summed E-state index contributed by atoms with van der Waals surface area (Å²) in [6.07, 6.45) is 1.42. The molecule has 0 aliphatic carbocycles. The number of nitrogens with zero attached hydrogens (tertiary/aromatic N) is 3. The van der Waals surface area contributed by atoms with Crippen molar-refractivity contribution in [3.05, 3.63) is 55.3 Å². The maximum absolute atomic E-state index is 13.3. The molecule has 0 bridgehead atoms. The number of aromatic nitrogens is 1. The Balaban J connectivity index is 1.40. The summed E-state index contributed by atoms with van der Waals surface area (Å²) in [4.78, 5) is 46.2. The van der Waals surface area contributed by atoms with Gasteiger partial charge in [-0.2, -0.15) is 0 Å². The van der Waals surface area contributed by atoms with E-state index >= 15 is 0 Å². The molecule has 0 spiro atoms. The van der Waals surface area contributed by atoms with E-state index in [4.69, 9.17) is 44.5 Å². The maximum atomic E-state index is 13.3. The van der Waals surface area contributed by atoms with Gasteiger partial charge in [0, 0.05) is 47.6 Å². The van der Waals surface area contributed by atoms with E-state index in [9.17, 15) is 19.5 Å². The molecule has 5 rings (SSSR count). The number of halogens is 3. The van der Waals surface area contributed by atoms with Gasteiger partial charge in [-0.05, 0) is 44.5 Å². The Kier molecular flexibility index (Phi) is 8.81. The van der Waals surface area contributed by atoms with Gasteiger partial charge in [-0.15, -0.1) is 11.3 Å². The topological polar surface area (TPSA) is 112 Å². The molecule has 3 aromatic rings. The molecule has 0 radical (unpaired) electrons. The van der Waals surface area contributed by atoms with Crippen LogP contribution in [0.25, 0.3) is 16.6 Å². The highest BCUT2D eigenvalue weighted by molar-refractivity contribution is 7.21. The van der Waals surface area contributed by atoms with Crippen molar-refractivity contribution >= 4 is 91.7 Å². The molecule has 41 heavy (non-hydrogen) atoms. The third-order valence-corrected chi connectivity index (χ3v) is 9.95. The Labute approximate surface area is 259 Å². The number of benzene rings is 1. The number of hydrogen-bond donors (Lipinski definition) is 2. The minimum atomic E-state index is -0.906. The normalized spacial score (nSPS) is 18.5. The lowest BCUT2D eigenvalue weighted by molar-refractivity contribution is -0.138. The second-order valence-corrected chi connectivity index (χ2v) is 12.8. The van der Waals surface area contributed by atoms with Crippen molar-refractivity contribution in [2.24, 2.45) is 5.92 Å². The highest BCUT2D eigenvalue weighted by atomic mass is 35.5. The monoisotopic (exact) mass is 654 g/mol. The molecule has 2 aliphatic heterocycles. The van der Waals surface area contributed by atoms with E-state index < -0.39 is 18.0 Å². The van der Waals surface area contributed by atoms with Gasteiger partial charge in [-0.3, -0.25) is 10.1 Å². The minimum absolute atomic E-state index is 0.0864. The lowest BCUT2D eigenvalue weighted by Gasteiger charge is -2.22. The molecule has 2 N–H and O–H groups in total. The Morgan fingerprint density at radius 3 is 2.56 bits per heavy atom. The standard InChI is InChI=1S/C27H25Cl3N4O5S2/c1-3-39-25(36)13(2)6-17-18(29)7-15(8-19(17)30)23(35)32-26-31-22(21-9-16(28)12-40-21)24(41-26)33-10-14-4-5-34(27(37)38)20(14)11-33/h6-9,12,14,20H,3-5,10-11H2,1-2H3,(H,37,38)(H,31,32,35)/t14-,20+/m1/s1. The molecule has 9 nitrogen and oxygen atoms in total. The summed E-state index contributed by atoms with van der Waals surface area (Å²) in [6.45, 7) is 5.33. The second-order valence-electron chi connectivity index (χ2n) is 9.65. The Morgan fingerprint density at radius 1 is 1.20 bits per heavy atom. The van der Waals surface area contributed by atoms with Crippen molar-refractivity contribution in [1.29, 1.82) is 0 Å². The van der Waals surface area contributed by atoms with Gasteiger partial charge in [-0.1, -0.05) is 46.1 Å². The molecule has 0 unspecified atom stereocenters. The molecule has 2 atom stereocenters. The van der Waals surface area contributed by atoms with Crippen LogP contribution in [0.15, 0.2) is 29.2 Å². The van der Waals surface area contributed by atoms with Crippen LogP contribution < -0.4 is 10.2 Å². The molecule has 4 heterocycles. The van der Waals surface area contributed by atoms with Crippen LogP contribution in [0.4, 0.5) is 14.9 Å². The number of likely N-dealkylation sites (tertiary alicyclic amines) is 1. The number of amides is 2. The zero-order chi connectivity index (χ0) is 29.4. The number of thiazole rings is 1. The summed E-state index contributed by atoms with van der Waals surface area (Å²) < 4.78 is 5.00. The van der Waals surface area contributed by atoms with Crippen LogP contribution in [0.1, 0.15) is 36.2 Å². The number of rotatable bonds is 7. The largest absolute Gasteiger partial charge is 0.465 e. The van der Waals surface area contributed by atoms with Crippen LogP contribution in [0.3, 0.4) is 0 Å². The van der Waals surface area contributed by atoms with E-state index in [2.05, 4.69) is 10.2 Å². The van der Waals surface area contributed by atoms with Crippen LogP contribution in [0, 0.1) is 5.92 Å². The van der Waals surface area contributed by atoms with Gasteiger partial charge in [-0.25, -0.2) is 14.6 Å². The predicted octanol–water partition coefficient (Wildman–Crippen LogP) is 7.24. The Bertz CT molecular complexity index is 1530. The first-order valence-electron chi connectivity index (χ1n) is 12.7. The number of esters is 1. The van der Waals surface area contributed by atoms with Gasteiger partial charge in [0.25, 0.3) is 5.91 Å². The Hall–Kier alpha value is -2.83. The number of ether oxygens (including phenoxy) is 1. The number of carbonyl (C=O) groups is 3. The molecule has 1 aromatic carbocycles. The molecule has 2 amide bonds. The van der Waals surface area contributed by atoms with Gasteiger partial charge in [0.15, 0.2) is 5.13 Å². The van der Waals surface area contributed by atoms with Crippen molar-refractivity contribution in [1.82, 2.24) is 9.88 Å². The van der Waals surface area contributed by atoms with E-state index in [-0.39, 0.29) is 34.2 Å². The average Bonchev–Trinajstić information content (AvgIpc) is 3.69. The zero-order valence-corrected chi connectivity index (χ0v) is 25.9. The molecule has 2 saturated heterocycles. The summed E-state index contributed by atoms with van der Waals surface area (Å²) in [6, 6.07) is 4.69. The maximum Gasteiger partial charge on any atom is 0.407 e. The fourth-order valence-electron chi connectivity index (χ4n) is 5.09. The first-order chi connectivity index (χ1) is 19.5. The number of nitrogens with one attached hydrogen (secondary N) is 1. The molecule has 0 saturated carbocycles. The van der Waals surface area contributed by atoms with Crippen LogP contribution >= 0.6 is 57.5 Å². The number of carboxylic acid groups (broad SMARTS) is 1. The van der Waals surface area contributed by atoms with Crippen molar-refractivity contribution in [2.75, 3.05) is 36.5 Å². The van der Waals surface area contributed by atoms with Gasteiger partial charge >= 0.3 is 12.1 Å². The number of hydrogen-bond acceptors (Lipinski definition) is 8. The molecule has 2 fully saturated rings. The number of carbonyl (C=O) groups excluding carboxylic acids is 2. The molecule has 14 heteroatoms. The predicted molar refractivity (Wildman–Crippen MR) is 164 cm³/mol. The number of thiophene rings is 1. The van der Waals surface area contributed by atoms with E-state index in [1.807, 2.05) is 11.4 Å². The third-order valence-electron chi connectivity index (χ3n) is 7.01. The second kappa shape index (κ2) is 12.2. The van der Waals surface area contributed by atoms with E-state index in [0.29, 0.717) is 46.6 Å². The number of fused-ring (bicyclic) bond motifs is 1. The lowest BCUT2D eigenvalue weighted by atomic mass is 10.1. The quantitative estimate of drug-likeness (QED) is 0.204. The van der Waals surface area contributed by atoms with Crippen molar-refractivity contribution in [2.45, 2.75) is 26.3 Å². The molecule has 2 aliphatic rings. The van der Waals surface area contributed by atoms with Crippen molar-refractivity contribution in [3.8, 4) is 10.6 Å². The molecule has 216 valence electrons. The highest BCUT2D eigenvalue weighted by Gasteiger charge is 2.44. The third kappa shape index (κ3) is 6.19. The molecular weight excluding hydrogens is 631 g/mol. The van der Waals surface area contributed by atoms with Gasteiger partial charge in [0.05, 0.1) is 32.6 Å². The SMILES string of the molecule is CCOC(=O)C(C)=Cc1c(Cl)cc(C(=O)Nc2nc(-c3cc(Cl)cs3)c(N3C[C@H]4CCN(C(=O)O)[C@H]4C3)s2)cc1Cl. The van der Waals surface area contributed by atoms with Crippen molar-refractivity contribution in [3.63, 3.8) is 0 Å². The lowest BCUT2D eigenvalue weighted by Crippen LogP contribution is -2.38. The smallest absolute Gasteiger partial charge is 0.407 e. The summed E-state index contributed by atoms with van der Waals surface area (Å²) in [5, 5.41) is 16.5. The van der Waals surface area contributed by atoms with Crippen LogP contribution in [-0.2, 0) is 9.53 Å². The first kappa shape index (κ1) is 29.7. The van der Waals surface area contributed by atoms with Gasteiger partial charge in [0.2, 0.25) is 0 Å². The van der Waals surface area contributed by atoms with E-state index in [1.54, 1.807) is 13.8 Å². The van der Waals surface area contributed by atoms with Crippen LogP contribution in [-0.4, -0.2) is 65.2 Å². The van der Waals surface area contributed by atoms with Crippen LogP contribution in [0.5, 0.6) is 0 Å². The molecule has 2 aromatic heterocycles. The van der Waals surface area contributed by atoms with E-state index in [1.165, 1.54) is 45.8 Å². The Morgan fingerprint density at radius 2 is 1.93 bits per heavy atom. The van der Waals surface area contributed by atoms with E-state index in [0.717, 1.165) is 16.3 Å². The minimum Gasteiger partial charge on any atom is -0.465 e. The summed E-state index contributed by atoms with van der Waals surface area (Å²) in [7, 11) is 0.